The highest BCUT2D eigenvalue weighted by Gasteiger charge is 2.11. The molecule has 0 N–H and O–H groups in total. The molecule has 0 unspecified atom stereocenters. The van der Waals surface area contributed by atoms with Gasteiger partial charge in [-0.3, -0.25) is 0 Å². The van der Waals surface area contributed by atoms with Crippen LogP contribution in [0.15, 0.2) is 59.0 Å². The topological polar surface area (TPSA) is 16.1 Å². The third kappa shape index (κ3) is 2.79. The van der Waals surface area contributed by atoms with Crippen LogP contribution in [0.25, 0.3) is 22.3 Å². The van der Waals surface area contributed by atoms with Crippen LogP contribution in [0, 0.1) is 0 Å². The van der Waals surface area contributed by atoms with Crippen LogP contribution < -0.4 is 9.93 Å². The van der Waals surface area contributed by atoms with Crippen molar-refractivity contribution in [3.8, 4) is 11.3 Å². The van der Waals surface area contributed by atoms with E-state index in [1.165, 1.54) is 5.36 Å². The maximum atomic E-state index is 6.10. The Labute approximate surface area is 135 Å². The third-order valence-corrected chi connectivity index (χ3v) is 4.14. The number of para-hydroxylation sites is 1. The second-order valence-corrected chi connectivity index (χ2v) is 5.61. The van der Waals surface area contributed by atoms with Crippen molar-refractivity contribution in [3.63, 3.8) is 0 Å². The summed E-state index contributed by atoms with van der Waals surface area (Å²) in [5, 5.41) is 3.08. The first-order valence-corrected chi connectivity index (χ1v) is 7.97. The number of rotatable bonds is 3. The van der Waals surface area contributed by atoms with E-state index in [0.29, 0.717) is 0 Å². The molecule has 0 bridgehead atoms. The minimum atomic E-state index is 0.730. The SMILES string of the molecule is CC[N+](CC)=c1cc(-c2ccc(Cl)cc2)oc2ccccc12. The molecule has 0 saturated carbocycles. The number of hydrogen-bond donors (Lipinski definition) is 0. The van der Waals surface area contributed by atoms with Crippen molar-refractivity contribution in [2.45, 2.75) is 13.8 Å². The van der Waals surface area contributed by atoms with Crippen LogP contribution in [-0.2, 0) is 0 Å². The zero-order valence-corrected chi connectivity index (χ0v) is 13.6. The van der Waals surface area contributed by atoms with Gasteiger partial charge in [-0.15, -0.1) is 0 Å². The first kappa shape index (κ1) is 14.9. The normalized spacial score (nSPS) is 10.9. The molecule has 22 heavy (non-hydrogen) atoms. The molecule has 3 aromatic rings. The van der Waals surface area contributed by atoms with E-state index in [1.54, 1.807) is 0 Å². The Morgan fingerprint density at radius 3 is 2.32 bits per heavy atom. The molecule has 0 amide bonds. The fourth-order valence-corrected chi connectivity index (χ4v) is 2.83. The highest BCUT2D eigenvalue weighted by atomic mass is 35.5. The van der Waals surface area contributed by atoms with Crippen LogP contribution in [0.1, 0.15) is 13.8 Å². The molecule has 0 saturated heterocycles. The lowest BCUT2D eigenvalue weighted by Gasteiger charge is -2.05. The van der Waals surface area contributed by atoms with Crippen LogP contribution in [0.3, 0.4) is 0 Å². The first-order valence-electron chi connectivity index (χ1n) is 7.59. The smallest absolute Gasteiger partial charge is 0.214 e. The molecule has 0 atom stereocenters. The lowest BCUT2D eigenvalue weighted by atomic mass is 10.1. The summed E-state index contributed by atoms with van der Waals surface area (Å²) in [6.45, 7) is 6.27. The highest BCUT2D eigenvalue weighted by Crippen LogP contribution is 2.23. The van der Waals surface area contributed by atoms with Gasteiger partial charge in [0, 0.05) is 10.6 Å². The van der Waals surface area contributed by atoms with E-state index in [4.69, 9.17) is 16.0 Å². The summed E-state index contributed by atoms with van der Waals surface area (Å²) in [6, 6.07) is 18.1. The Balaban J connectivity index is 2.34. The number of halogens is 1. The molecular formula is C19H19ClNO+. The van der Waals surface area contributed by atoms with Crippen LogP contribution >= 0.6 is 11.6 Å². The summed E-state index contributed by atoms with van der Waals surface area (Å²) < 4.78 is 8.44. The average molecular weight is 313 g/mol. The highest BCUT2D eigenvalue weighted by molar-refractivity contribution is 6.30. The van der Waals surface area contributed by atoms with Crippen molar-refractivity contribution in [1.29, 1.82) is 0 Å². The predicted octanol–water partition coefficient (Wildman–Crippen LogP) is 4.57. The number of benzene rings is 2. The molecule has 0 aliphatic rings. The maximum absolute atomic E-state index is 6.10. The summed E-state index contributed by atoms with van der Waals surface area (Å²) in [4.78, 5) is 0. The molecular weight excluding hydrogens is 294 g/mol. The molecule has 3 heteroatoms. The lowest BCUT2D eigenvalue weighted by molar-refractivity contribution is 0.599. The predicted molar refractivity (Wildman–Crippen MR) is 93.0 cm³/mol. The monoisotopic (exact) mass is 312 g/mol. The molecule has 0 fully saturated rings. The van der Waals surface area contributed by atoms with Crippen molar-refractivity contribution < 1.29 is 4.42 Å². The molecule has 3 rings (SSSR count). The Morgan fingerprint density at radius 2 is 1.64 bits per heavy atom. The Hall–Kier alpha value is -2.06. The molecule has 2 nitrogen and oxygen atoms in total. The molecule has 2 aromatic carbocycles. The van der Waals surface area contributed by atoms with Crippen molar-refractivity contribution in [2.75, 3.05) is 13.1 Å². The Morgan fingerprint density at radius 1 is 0.955 bits per heavy atom. The van der Waals surface area contributed by atoms with Crippen molar-refractivity contribution in [2.24, 2.45) is 0 Å². The van der Waals surface area contributed by atoms with Crippen molar-refractivity contribution >= 4 is 22.6 Å². The van der Waals surface area contributed by atoms with Gasteiger partial charge in [0.15, 0.2) is 0 Å². The van der Waals surface area contributed by atoms with Gasteiger partial charge >= 0.3 is 0 Å². The van der Waals surface area contributed by atoms with Gasteiger partial charge in [0.25, 0.3) is 0 Å². The molecule has 0 radical (unpaired) electrons. The van der Waals surface area contributed by atoms with Crippen LogP contribution in [-0.4, -0.2) is 13.1 Å². The van der Waals surface area contributed by atoms with E-state index in [2.05, 4.69) is 30.6 Å². The number of hydrogen-bond acceptors (Lipinski definition) is 1. The van der Waals surface area contributed by atoms with Gasteiger partial charge in [-0.1, -0.05) is 23.7 Å². The first-order chi connectivity index (χ1) is 10.7. The van der Waals surface area contributed by atoms with Crippen molar-refractivity contribution in [1.82, 2.24) is 4.58 Å². The van der Waals surface area contributed by atoms with E-state index in [9.17, 15) is 0 Å². The summed E-state index contributed by atoms with van der Waals surface area (Å²) in [7, 11) is 0. The molecule has 1 heterocycles. The molecule has 112 valence electrons. The second-order valence-electron chi connectivity index (χ2n) is 5.17. The van der Waals surface area contributed by atoms with Gasteiger partial charge in [0.05, 0.1) is 11.5 Å². The number of fused-ring (bicyclic) bond motifs is 1. The van der Waals surface area contributed by atoms with Crippen LogP contribution in [0.2, 0.25) is 5.02 Å². The van der Waals surface area contributed by atoms with E-state index in [1.807, 2.05) is 42.5 Å². The Kier molecular flexibility index (Phi) is 4.30. The van der Waals surface area contributed by atoms with Crippen LogP contribution in [0.4, 0.5) is 0 Å². The zero-order chi connectivity index (χ0) is 15.5. The minimum absolute atomic E-state index is 0.730. The lowest BCUT2D eigenvalue weighted by Crippen LogP contribution is -2.30. The van der Waals surface area contributed by atoms with Gasteiger partial charge in [-0.25, -0.2) is 4.58 Å². The van der Waals surface area contributed by atoms with E-state index >= 15 is 0 Å². The molecule has 0 aliphatic carbocycles. The van der Waals surface area contributed by atoms with Gasteiger partial charge in [0.1, 0.15) is 24.4 Å². The van der Waals surface area contributed by atoms with Gasteiger partial charge < -0.3 is 4.42 Å². The largest absolute Gasteiger partial charge is 0.456 e. The van der Waals surface area contributed by atoms with E-state index < -0.39 is 0 Å². The molecule has 0 spiro atoms. The van der Waals surface area contributed by atoms with Crippen molar-refractivity contribution in [3.05, 3.63) is 65.0 Å². The average Bonchev–Trinajstić information content (AvgIpc) is 2.56. The fourth-order valence-electron chi connectivity index (χ4n) is 2.70. The van der Waals surface area contributed by atoms with Gasteiger partial charge in [-0.05, 0) is 50.2 Å². The van der Waals surface area contributed by atoms with Crippen LogP contribution in [0.5, 0.6) is 0 Å². The Bertz CT molecular complexity index is 856. The summed E-state index contributed by atoms with van der Waals surface area (Å²) in [5.74, 6) is 0.859. The molecule has 0 aliphatic heterocycles. The van der Waals surface area contributed by atoms with Gasteiger partial charge in [-0.2, -0.15) is 0 Å². The quantitative estimate of drug-likeness (QED) is 0.647. The van der Waals surface area contributed by atoms with E-state index in [-0.39, 0.29) is 0 Å². The summed E-state index contributed by atoms with van der Waals surface area (Å²) >= 11 is 5.98. The molecule has 1 aromatic heterocycles. The fraction of sp³-hybridized carbons (Fsp3) is 0.211. The zero-order valence-electron chi connectivity index (χ0n) is 12.8. The summed E-state index contributed by atoms with van der Waals surface area (Å²) in [6.07, 6.45) is 0. The van der Waals surface area contributed by atoms with Gasteiger partial charge in [0.2, 0.25) is 5.36 Å². The number of nitrogens with zero attached hydrogens (tertiary/aromatic N) is 1. The van der Waals surface area contributed by atoms with E-state index in [0.717, 1.165) is 40.4 Å². The minimum Gasteiger partial charge on any atom is -0.456 e. The summed E-state index contributed by atoms with van der Waals surface area (Å²) in [5.41, 5.74) is 1.93. The maximum Gasteiger partial charge on any atom is 0.214 e. The third-order valence-electron chi connectivity index (χ3n) is 3.88. The standard InChI is InChI=1S/C19H19ClNO/c1-3-21(4-2)17-13-19(14-9-11-15(20)12-10-14)22-18-8-6-5-7-16(17)18/h5-13H,3-4H2,1-2H3/q+1. The second kappa shape index (κ2) is 6.37.